The van der Waals surface area contributed by atoms with E-state index >= 15 is 0 Å². The Bertz CT molecular complexity index is 206. The first-order valence-electron chi connectivity index (χ1n) is 5.45. The second-order valence-electron chi connectivity index (χ2n) is 5.00. The van der Waals surface area contributed by atoms with E-state index in [-0.39, 0.29) is 0 Å². The SMILES string of the molecule is CC(C)CCN1CC2CC(C2)C1=O. The van der Waals surface area contributed by atoms with E-state index in [1.807, 2.05) is 0 Å². The fraction of sp³-hybridized carbons (Fsp3) is 0.909. The maximum absolute atomic E-state index is 11.7. The molecule has 0 N–H and O–H groups in total. The van der Waals surface area contributed by atoms with Crippen molar-refractivity contribution in [3.63, 3.8) is 0 Å². The van der Waals surface area contributed by atoms with Gasteiger partial charge in [-0.15, -0.1) is 0 Å². The molecule has 2 heterocycles. The number of carbonyl (C=O) groups excluding carboxylic acids is 1. The van der Waals surface area contributed by atoms with Crippen LogP contribution in [0.3, 0.4) is 0 Å². The zero-order chi connectivity index (χ0) is 9.42. The number of nitrogens with zero attached hydrogens (tertiary/aromatic N) is 1. The van der Waals surface area contributed by atoms with Crippen LogP contribution in [-0.4, -0.2) is 23.9 Å². The first-order chi connectivity index (χ1) is 6.16. The van der Waals surface area contributed by atoms with E-state index in [4.69, 9.17) is 0 Å². The van der Waals surface area contributed by atoms with Crippen LogP contribution in [-0.2, 0) is 4.79 Å². The molecule has 0 atom stereocenters. The van der Waals surface area contributed by atoms with Gasteiger partial charge in [0.15, 0.2) is 0 Å². The summed E-state index contributed by atoms with van der Waals surface area (Å²) in [5, 5.41) is 0. The van der Waals surface area contributed by atoms with E-state index in [2.05, 4.69) is 18.7 Å². The summed E-state index contributed by atoms with van der Waals surface area (Å²) in [6.07, 6.45) is 3.51. The van der Waals surface area contributed by atoms with E-state index in [0.717, 1.165) is 25.4 Å². The molecular formula is C11H19NO. The predicted octanol–water partition coefficient (Wildman–Crippen LogP) is 1.90. The van der Waals surface area contributed by atoms with Gasteiger partial charge in [-0.25, -0.2) is 0 Å². The fourth-order valence-corrected chi connectivity index (χ4v) is 2.36. The molecule has 0 spiro atoms. The summed E-state index contributed by atoms with van der Waals surface area (Å²) < 4.78 is 0. The largest absolute Gasteiger partial charge is 0.342 e. The monoisotopic (exact) mass is 181 g/mol. The topological polar surface area (TPSA) is 20.3 Å². The first kappa shape index (κ1) is 9.04. The van der Waals surface area contributed by atoms with Crippen molar-refractivity contribution in [3.05, 3.63) is 0 Å². The van der Waals surface area contributed by atoms with Crippen LogP contribution in [0.15, 0.2) is 0 Å². The highest BCUT2D eigenvalue weighted by Crippen LogP contribution is 2.40. The summed E-state index contributed by atoms with van der Waals surface area (Å²) in [6, 6.07) is 0. The minimum atomic E-state index is 0.408. The summed E-state index contributed by atoms with van der Waals surface area (Å²) in [4.78, 5) is 13.8. The first-order valence-corrected chi connectivity index (χ1v) is 5.45. The average molecular weight is 181 g/mol. The highest BCUT2D eigenvalue weighted by atomic mass is 16.2. The van der Waals surface area contributed by atoms with Crippen molar-refractivity contribution in [3.8, 4) is 0 Å². The maximum atomic E-state index is 11.7. The molecule has 3 rings (SSSR count). The van der Waals surface area contributed by atoms with E-state index in [0.29, 0.717) is 17.7 Å². The summed E-state index contributed by atoms with van der Waals surface area (Å²) in [5.74, 6) is 2.40. The van der Waals surface area contributed by atoms with E-state index in [1.165, 1.54) is 12.8 Å². The van der Waals surface area contributed by atoms with Crippen molar-refractivity contribution in [2.24, 2.45) is 17.8 Å². The fourth-order valence-electron chi connectivity index (χ4n) is 2.36. The molecule has 0 aromatic rings. The molecule has 13 heavy (non-hydrogen) atoms. The summed E-state index contributed by atoms with van der Waals surface area (Å²) in [5.41, 5.74) is 0. The van der Waals surface area contributed by atoms with Crippen molar-refractivity contribution >= 4 is 5.91 Å². The Hall–Kier alpha value is -0.530. The highest BCUT2D eigenvalue weighted by molar-refractivity contribution is 5.81. The van der Waals surface area contributed by atoms with Crippen LogP contribution in [0.5, 0.6) is 0 Å². The van der Waals surface area contributed by atoms with E-state index in [9.17, 15) is 4.79 Å². The smallest absolute Gasteiger partial charge is 0.225 e. The van der Waals surface area contributed by atoms with Gasteiger partial charge in [0.05, 0.1) is 0 Å². The maximum Gasteiger partial charge on any atom is 0.225 e. The number of hydrogen-bond acceptors (Lipinski definition) is 1. The molecule has 2 bridgehead atoms. The molecule has 2 aliphatic heterocycles. The lowest BCUT2D eigenvalue weighted by Gasteiger charge is -2.46. The molecular weight excluding hydrogens is 162 g/mol. The van der Waals surface area contributed by atoms with Crippen LogP contribution < -0.4 is 0 Å². The van der Waals surface area contributed by atoms with Crippen molar-refractivity contribution in [1.29, 1.82) is 0 Å². The lowest BCUT2D eigenvalue weighted by atomic mass is 9.70. The zero-order valence-electron chi connectivity index (χ0n) is 8.62. The molecule has 1 amide bonds. The Labute approximate surface area is 80.3 Å². The molecule has 74 valence electrons. The van der Waals surface area contributed by atoms with Crippen molar-refractivity contribution < 1.29 is 4.79 Å². The number of piperidine rings is 2. The van der Waals surface area contributed by atoms with Gasteiger partial charge in [-0.05, 0) is 31.1 Å². The van der Waals surface area contributed by atoms with Crippen LogP contribution in [0.4, 0.5) is 0 Å². The predicted molar refractivity (Wildman–Crippen MR) is 52.2 cm³/mol. The number of fused-ring (bicyclic) bond motifs is 2. The minimum Gasteiger partial charge on any atom is -0.342 e. The van der Waals surface area contributed by atoms with E-state index in [1.54, 1.807) is 0 Å². The van der Waals surface area contributed by atoms with Crippen molar-refractivity contribution in [2.45, 2.75) is 33.1 Å². The van der Waals surface area contributed by atoms with Crippen LogP contribution in [0, 0.1) is 17.8 Å². The molecule has 1 saturated carbocycles. The number of hydrogen-bond donors (Lipinski definition) is 0. The van der Waals surface area contributed by atoms with Gasteiger partial charge in [0, 0.05) is 19.0 Å². The zero-order valence-corrected chi connectivity index (χ0v) is 8.62. The average Bonchev–Trinajstić information content (AvgIpc) is 2.00. The second-order valence-corrected chi connectivity index (χ2v) is 5.00. The van der Waals surface area contributed by atoms with Crippen molar-refractivity contribution in [2.75, 3.05) is 13.1 Å². The van der Waals surface area contributed by atoms with Crippen LogP contribution in [0.2, 0.25) is 0 Å². The molecule has 0 aromatic heterocycles. The van der Waals surface area contributed by atoms with Gasteiger partial charge < -0.3 is 4.90 Å². The van der Waals surface area contributed by atoms with Gasteiger partial charge in [-0.2, -0.15) is 0 Å². The molecule has 1 aliphatic carbocycles. The normalized spacial score (nSPS) is 32.2. The summed E-state index contributed by atoms with van der Waals surface area (Å²) in [6.45, 7) is 6.47. The van der Waals surface area contributed by atoms with Crippen LogP contribution >= 0.6 is 0 Å². The van der Waals surface area contributed by atoms with Crippen molar-refractivity contribution in [1.82, 2.24) is 4.90 Å². The molecule has 0 unspecified atom stereocenters. The number of carbonyl (C=O) groups is 1. The lowest BCUT2D eigenvalue weighted by Crippen LogP contribution is -2.53. The van der Waals surface area contributed by atoms with Gasteiger partial charge >= 0.3 is 0 Å². The molecule has 3 fully saturated rings. The van der Waals surface area contributed by atoms with Gasteiger partial charge in [-0.1, -0.05) is 13.8 Å². The standard InChI is InChI=1S/C11H19NO/c1-8(2)3-4-12-7-9-5-10(6-9)11(12)13/h8-10H,3-7H2,1-2H3. The minimum absolute atomic E-state index is 0.408. The molecule has 2 nitrogen and oxygen atoms in total. The molecule has 2 heteroatoms. The Morgan fingerprint density at radius 1 is 1.46 bits per heavy atom. The lowest BCUT2D eigenvalue weighted by molar-refractivity contribution is -0.149. The highest BCUT2D eigenvalue weighted by Gasteiger charge is 2.43. The van der Waals surface area contributed by atoms with Gasteiger partial charge in [0.2, 0.25) is 5.91 Å². The van der Waals surface area contributed by atoms with Crippen LogP contribution in [0.25, 0.3) is 0 Å². The Kier molecular flexibility index (Phi) is 2.31. The summed E-state index contributed by atoms with van der Waals surface area (Å²) in [7, 11) is 0. The number of rotatable bonds is 3. The summed E-state index contributed by atoms with van der Waals surface area (Å²) >= 11 is 0. The Morgan fingerprint density at radius 3 is 2.69 bits per heavy atom. The Balaban J connectivity index is 1.83. The third-order valence-corrected chi connectivity index (χ3v) is 3.35. The Morgan fingerprint density at radius 2 is 2.15 bits per heavy atom. The third-order valence-electron chi connectivity index (χ3n) is 3.35. The van der Waals surface area contributed by atoms with E-state index < -0.39 is 0 Å². The quantitative estimate of drug-likeness (QED) is 0.651. The van der Waals surface area contributed by atoms with Gasteiger partial charge in [0.25, 0.3) is 0 Å². The third kappa shape index (κ3) is 1.72. The molecule has 2 saturated heterocycles. The molecule has 0 aromatic carbocycles. The second kappa shape index (κ2) is 3.32. The van der Waals surface area contributed by atoms with Crippen LogP contribution in [0.1, 0.15) is 33.1 Å². The number of amides is 1. The van der Waals surface area contributed by atoms with Gasteiger partial charge in [0.1, 0.15) is 0 Å². The molecule has 3 aliphatic rings. The molecule has 0 radical (unpaired) electrons. The van der Waals surface area contributed by atoms with Gasteiger partial charge in [-0.3, -0.25) is 4.79 Å².